The number of carbonyl (C=O) groups is 1. The molecule has 2 aromatic rings. The molecule has 0 radical (unpaired) electrons. The summed E-state index contributed by atoms with van der Waals surface area (Å²) in [4.78, 5) is 12.1. The van der Waals surface area contributed by atoms with Gasteiger partial charge in [-0.25, -0.2) is 0 Å². The number of nitrogens with one attached hydrogen (secondary N) is 1. The van der Waals surface area contributed by atoms with Gasteiger partial charge in [0.25, 0.3) is 0 Å². The largest absolute Gasteiger partial charge is 0.462 e. The number of amides is 1. The van der Waals surface area contributed by atoms with Crippen LogP contribution in [0.5, 0.6) is 5.75 Å². The second kappa shape index (κ2) is 11.2. The fourth-order valence-corrected chi connectivity index (χ4v) is 3.35. The van der Waals surface area contributed by atoms with Crippen LogP contribution in [0.4, 0.5) is 0 Å². The number of carbonyl (C=O) groups excluding carboxylic acids is 1. The third kappa shape index (κ3) is 6.15. The Kier molecular flexibility index (Phi) is 8.38. The van der Waals surface area contributed by atoms with Gasteiger partial charge in [0, 0.05) is 13.0 Å². The molecule has 1 amide bonds. The lowest BCUT2D eigenvalue weighted by Gasteiger charge is -2.39. The standard InChI is InChI=1S/C24H29NO7/c1-2-15-3-5-17(6-4-15)13-25-20(27)12-9-16-7-10-18(11-8-16)31-24-23(30)22(29)21(28)19(14-26)32-24/h2-8,10-11,19,21-24,26,28-30H,1,9,12-14H2,(H,25,27)/t19-,21-,22+,23+,24+/m1/s1. The number of aliphatic hydroxyl groups excluding tert-OH is 4. The van der Waals surface area contributed by atoms with Crippen LogP contribution in [-0.4, -0.2) is 63.6 Å². The van der Waals surface area contributed by atoms with Crippen LogP contribution in [0.2, 0.25) is 0 Å². The Bertz CT molecular complexity index is 882. The van der Waals surface area contributed by atoms with Crippen molar-refractivity contribution in [1.29, 1.82) is 0 Å². The lowest BCUT2D eigenvalue weighted by atomic mass is 9.99. The highest BCUT2D eigenvalue weighted by Crippen LogP contribution is 2.24. The minimum Gasteiger partial charge on any atom is -0.462 e. The summed E-state index contributed by atoms with van der Waals surface area (Å²) in [6.45, 7) is 3.65. The summed E-state index contributed by atoms with van der Waals surface area (Å²) in [6.07, 6.45) is -4.02. The molecule has 1 heterocycles. The quantitative estimate of drug-likeness (QED) is 0.387. The molecule has 0 spiro atoms. The van der Waals surface area contributed by atoms with E-state index in [1.165, 1.54) is 0 Å². The number of aliphatic hydroxyl groups is 4. The van der Waals surface area contributed by atoms with E-state index in [2.05, 4.69) is 11.9 Å². The summed E-state index contributed by atoms with van der Waals surface area (Å²) in [5.41, 5.74) is 2.97. The summed E-state index contributed by atoms with van der Waals surface area (Å²) >= 11 is 0. The van der Waals surface area contributed by atoms with E-state index in [9.17, 15) is 25.2 Å². The van der Waals surface area contributed by atoms with Gasteiger partial charge in [0.05, 0.1) is 6.61 Å². The van der Waals surface area contributed by atoms with Gasteiger partial charge in [-0.3, -0.25) is 4.79 Å². The average molecular weight is 443 g/mol. The van der Waals surface area contributed by atoms with Crippen LogP contribution in [0.1, 0.15) is 23.1 Å². The van der Waals surface area contributed by atoms with E-state index in [4.69, 9.17) is 9.47 Å². The van der Waals surface area contributed by atoms with Gasteiger partial charge in [-0.1, -0.05) is 49.1 Å². The maximum atomic E-state index is 12.1. The fraction of sp³-hybridized carbons (Fsp3) is 0.375. The van der Waals surface area contributed by atoms with E-state index < -0.39 is 37.3 Å². The van der Waals surface area contributed by atoms with Crippen LogP contribution in [0.15, 0.2) is 55.1 Å². The van der Waals surface area contributed by atoms with Crippen LogP contribution < -0.4 is 10.1 Å². The number of ether oxygens (including phenoxy) is 2. The van der Waals surface area contributed by atoms with Gasteiger partial charge in [-0.05, 0) is 35.2 Å². The number of aryl methyl sites for hydroxylation is 1. The van der Waals surface area contributed by atoms with Gasteiger partial charge < -0.3 is 35.2 Å². The molecule has 8 heteroatoms. The molecule has 0 aromatic heterocycles. The highest BCUT2D eigenvalue weighted by molar-refractivity contribution is 5.76. The first-order valence-electron chi connectivity index (χ1n) is 10.5. The fourth-order valence-electron chi connectivity index (χ4n) is 3.35. The first kappa shape index (κ1) is 23.9. The van der Waals surface area contributed by atoms with E-state index in [0.29, 0.717) is 25.1 Å². The van der Waals surface area contributed by atoms with Gasteiger partial charge in [-0.2, -0.15) is 0 Å². The molecule has 0 aliphatic carbocycles. The van der Waals surface area contributed by atoms with Crippen molar-refractivity contribution in [1.82, 2.24) is 5.32 Å². The predicted octanol–water partition coefficient (Wildman–Crippen LogP) is 0.757. The molecule has 8 nitrogen and oxygen atoms in total. The minimum absolute atomic E-state index is 0.0561. The van der Waals surface area contributed by atoms with Crippen LogP contribution in [0.25, 0.3) is 6.08 Å². The summed E-state index contributed by atoms with van der Waals surface area (Å²) in [5, 5.41) is 41.9. The maximum Gasteiger partial charge on any atom is 0.229 e. The summed E-state index contributed by atoms with van der Waals surface area (Å²) < 4.78 is 10.9. The second-order valence-electron chi connectivity index (χ2n) is 7.68. The molecular formula is C24H29NO7. The van der Waals surface area contributed by atoms with Crippen molar-refractivity contribution in [2.24, 2.45) is 0 Å². The van der Waals surface area contributed by atoms with Crippen LogP contribution >= 0.6 is 0 Å². The van der Waals surface area contributed by atoms with Crippen LogP contribution in [0, 0.1) is 0 Å². The Balaban J connectivity index is 1.45. The van der Waals surface area contributed by atoms with E-state index in [1.54, 1.807) is 30.3 Å². The molecule has 32 heavy (non-hydrogen) atoms. The van der Waals surface area contributed by atoms with E-state index >= 15 is 0 Å². The second-order valence-corrected chi connectivity index (χ2v) is 7.68. The first-order valence-corrected chi connectivity index (χ1v) is 10.5. The molecule has 0 unspecified atom stereocenters. The van der Waals surface area contributed by atoms with E-state index in [-0.39, 0.29) is 5.91 Å². The zero-order valence-electron chi connectivity index (χ0n) is 17.6. The Morgan fingerprint density at radius 2 is 1.66 bits per heavy atom. The molecule has 1 saturated heterocycles. The van der Waals surface area contributed by atoms with Crippen molar-refractivity contribution in [3.63, 3.8) is 0 Å². The molecule has 1 fully saturated rings. The Morgan fingerprint density at radius 1 is 1.00 bits per heavy atom. The van der Waals surface area contributed by atoms with Crippen molar-refractivity contribution in [3.05, 3.63) is 71.8 Å². The molecule has 1 aliphatic heterocycles. The summed E-state index contributed by atoms with van der Waals surface area (Å²) in [5.74, 6) is 0.324. The molecule has 5 N–H and O–H groups in total. The van der Waals surface area contributed by atoms with Crippen molar-refractivity contribution in [3.8, 4) is 5.75 Å². The summed E-state index contributed by atoms with van der Waals surface area (Å²) in [6, 6.07) is 14.7. The Morgan fingerprint density at radius 3 is 2.28 bits per heavy atom. The summed E-state index contributed by atoms with van der Waals surface area (Å²) in [7, 11) is 0. The van der Waals surface area contributed by atoms with Gasteiger partial charge in [0.15, 0.2) is 0 Å². The highest BCUT2D eigenvalue weighted by Gasteiger charge is 2.44. The van der Waals surface area contributed by atoms with E-state index in [1.807, 2.05) is 24.3 Å². The maximum absolute atomic E-state index is 12.1. The van der Waals surface area contributed by atoms with Crippen LogP contribution in [-0.2, 0) is 22.5 Å². The van der Waals surface area contributed by atoms with Gasteiger partial charge in [0.1, 0.15) is 30.2 Å². The van der Waals surface area contributed by atoms with Gasteiger partial charge in [-0.15, -0.1) is 0 Å². The predicted molar refractivity (Wildman–Crippen MR) is 118 cm³/mol. The van der Waals surface area contributed by atoms with Crippen molar-refractivity contribution in [2.75, 3.05) is 6.61 Å². The lowest BCUT2D eigenvalue weighted by molar-refractivity contribution is -0.277. The number of rotatable bonds is 9. The normalized spacial score (nSPS) is 25.2. The molecular weight excluding hydrogens is 414 g/mol. The van der Waals surface area contributed by atoms with Gasteiger partial charge in [0.2, 0.25) is 12.2 Å². The molecule has 172 valence electrons. The van der Waals surface area contributed by atoms with Crippen molar-refractivity contribution < 1.29 is 34.7 Å². The Hall–Kier alpha value is -2.75. The Labute approximate surface area is 186 Å². The SMILES string of the molecule is C=Cc1ccc(CNC(=O)CCc2ccc(O[C@H]3O[C@H](CO)[C@@H](O)[C@H](O)[C@@H]3O)cc2)cc1. The number of hydrogen-bond donors (Lipinski definition) is 5. The van der Waals surface area contributed by atoms with Crippen LogP contribution in [0.3, 0.4) is 0 Å². The molecule has 0 bridgehead atoms. The first-order chi connectivity index (χ1) is 15.4. The third-order valence-corrected chi connectivity index (χ3v) is 5.37. The topological polar surface area (TPSA) is 128 Å². The van der Waals surface area contributed by atoms with Crippen molar-refractivity contribution >= 4 is 12.0 Å². The number of benzene rings is 2. The third-order valence-electron chi connectivity index (χ3n) is 5.37. The molecule has 5 atom stereocenters. The lowest BCUT2D eigenvalue weighted by Crippen LogP contribution is -2.60. The zero-order chi connectivity index (χ0) is 23.1. The number of hydrogen-bond acceptors (Lipinski definition) is 7. The highest BCUT2D eigenvalue weighted by atomic mass is 16.7. The van der Waals surface area contributed by atoms with Crippen molar-refractivity contribution in [2.45, 2.75) is 50.1 Å². The van der Waals surface area contributed by atoms with E-state index in [0.717, 1.165) is 16.7 Å². The zero-order valence-corrected chi connectivity index (χ0v) is 17.6. The molecule has 1 aliphatic rings. The minimum atomic E-state index is -1.50. The molecule has 0 saturated carbocycles. The molecule has 2 aromatic carbocycles. The monoisotopic (exact) mass is 443 g/mol. The average Bonchev–Trinajstić information content (AvgIpc) is 2.82. The smallest absolute Gasteiger partial charge is 0.229 e. The van der Waals surface area contributed by atoms with Gasteiger partial charge >= 0.3 is 0 Å². The molecule has 3 rings (SSSR count).